The average molecular weight is 460 g/mol. The number of nitrogens with two attached hydrogens (primary N) is 1. The Bertz CT molecular complexity index is 1410. The molecule has 0 saturated heterocycles. The van der Waals surface area contributed by atoms with Crippen LogP contribution >= 0.6 is 0 Å². The predicted octanol–water partition coefficient (Wildman–Crippen LogP) is 2.34. The first kappa shape index (κ1) is 21.3. The third kappa shape index (κ3) is 3.55. The Morgan fingerprint density at radius 3 is 2.59 bits per heavy atom. The third-order valence-corrected chi connectivity index (χ3v) is 5.76. The fourth-order valence-corrected chi connectivity index (χ4v) is 3.91. The lowest BCUT2D eigenvalue weighted by atomic mass is 10.1. The maximum atomic E-state index is 14.6. The molecule has 3 N–H and O–H groups in total. The van der Waals surface area contributed by atoms with Gasteiger partial charge < -0.3 is 10.1 Å². The van der Waals surface area contributed by atoms with Gasteiger partial charge in [-0.05, 0) is 18.2 Å². The van der Waals surface area contributed by atoms with Crippen LogP contribution in [0.2, 0.25) is 0 Å². The van der Waals surface area contributed by atoms with Crippen LogP contribution in [0.15, 0.2) is 29.3 Å². The van der Waals surface area contributed by atoms with E-state index in [1.54, 1.807) is 0 Å². The number of primary sulfonamides is 1. The Labute approximate surface area is 180 Å². The van der Waals surface area contributed by atoms with Crippen LogP contribution in [0.25, 0.3) is 15.9 Å². The Kier molecular flexibility index (Phi) is 5.11. The summed E-state index contributed by atoms with van der Waals surface area (Å²) in [6.07, 6.45) is 1.45. The maximum Gasteiger partial charge on any atom is 0.322 e. The Morgan fingerprint density at radius 2 is 2.00 bits per heavy atom. The molecule has 32 heavy (non-hydrogen) atoms. The van der Waals surface area contributed by atoms with E-state index >= 15 is 0 Å². The monoisotopic (exact) mass is 460 g/mol. The van der Waals surface area contributed by atoms with E-state index in [0.717, 1.165) is 4.90 Å². The molecule has 164 valence electrons. The minimum atomic E-state index is -4.33. The number of halogens is 2. The highest BCUT2D eigenvalue weighted by Crippen LogP contribution is 2.38. The lowest BCUT2D eigenvalue weighted by molar-refractivity contribution is 0.244. The van der Waals surface area contributed by atoms with E-state index in [4.69, 9.17) is 16.4 Å². The fourth-order valence-electron chi connectivity index (χ4n) is 3.37. The van der Waals surface area contributed by atoms with Crippen molar-refractivity contribution < 1.29 is 26.7 Å². The number of hydrogen-bond acceptors (Lipinski definition) is 6. The van der Waals surface area contributed by atoms with Gasteiger partial charge in [-0.2, -0.15) is 0 Å². The van der Waals surface area contributed by atoms with Crippen LogP contribution in [0.5, 0.6) is 5.88 Å². The van der Waals surface area contributed by atoms with Gasteiger partial charge in [0.1, 0.15) is 11.6 Å². The van der Waals surface area contributed by atoms with Crippen molar-refractivity contribution in [1.82, 2.24) is 15.3 Å². The van der Waals surface area contributed by atoms with Crippen molar-refractivity contribution >= 4 is 38.5 Å². The molecule has 4 rings (SSSR count). The normalized spacial score (nSPS) is 13.5. The van der Waals surface area contributed by atoms with Crippen LogP contribution < -0.4 is 20.1 Å². The number of aromatic nitrogens is 2. The summed E-state index contributed by atoms with van der Waals surface area (Å²) in [5.74, 6) is -2.33. The molecule has 0 aliphatic carbocycles. The second-order valence-electron chi connectivity index (χ2n) is 6.79. The molecule has 13 heteroatoms. The van der Waals surface area contributed by atoms with Gasteiger partial charge in [0.15, 0.2) is 5.65 Å². The smallest absolute Gasteiger partial charge is 0.322 e. The summed E-state index contributed by atoms with van der Waals surface area (Å²) in [4.78, 5) is 24.8. The zero-order chi connectivity index (χ0) is 23.2. The highest BCUT2D eigenvalue weighted by atomic mass is 32.2. The molecule has 0 saturated carbocycles. The van der Waals surface area contributed by atoms with Gasteiger partial charge in [0.05, 0.1) is 30.8 Å². The summed E-state index contributed by atoms with van der Waals surface area (Å²) >= 11 is 0. The molecule has 0 unspecified atom stereocenters. The van der Waals surface area contributed by atoms with E-state index in [0.29, 0.717) is 23.1 Å². The second-order valence-corrected chi connectivity index (χ2v) is 8.35. The van der Waals surface area contributed by atoms with Gasteiger partial charge in [0.25, 0.3) is 0 Å². The molecule has 1 aromatic carbocycles. The van der Waals surface area contributed by atoms with E-state index in [-0.39, 0.29) is 29.4 Å². The number of ether oxygens (including phenoxy) is 1. The first-order chi connectivity index (χ1) is 15.1. The predicted molar refractivity (Wildman–Crippen MR) is 109 cm³/mol. The highest BCUT2D eigenvalue weighted by molar-refractivity contribution is 7.89. The van der Waals surface area contributed by atoms with Crippen molar-refractivity contribution in [2.75, 3.05) is 12.0 Å². The van der Waals surface area contributed by atoms with Crippen molar-refractivity contribution in [3.8, 4) is 5.88 Å². The summed E-state index contributed by atoms with van der Waals surface area (Å²) in [6.45, 7) is 6.86. The van der Waals surface area contributed by atoms with Crippen molar-refractivity contribution in [2.45, 2.75) is 18.0 Å². The quantitative estimate of drug-likeness (QED) is 0.575. The van der Waals surface area contributed by atoms with E-state index in [1.807, 2.05) is 0 Å². The van der Waals surface area contributed by atoms with Crippen LogP contribution in [0.4, 0.5) is 25.0 Å². The molecule has 10 nitrogen and oxygen atoms in total. The molecule has 1 aliphatic heterocycles. The first-order valence-electron chi connectivity index (χ1n) is 8.94. The topological polar surface area (TPSA) is 132 Å². The number of urea groups is 1. The molecule has 0 atom stereocenters. The van der Waals surface area contributed by atoms with Crippen LogP contribution in [-0.2, 0) is 23.1 Å². The number of pyridine rings is 2. The highest BCUT2D eigenvalue weighted by Gasteiger charge is 2.30. The summed E-state index contributed by atoms with van der Waals surface area (Å²) in [5, 5.41) is 7.83. The van der Waals surface area contributed by atoms with Gasteiger partial charge >= 0.3 is 6.03 Å². The standard InChI is InChI=1S/C19H14F2N6O4S/c1-23-15-5-11-16-9(6-24-17(11)26-18(15)31-2)7-25-19(28)27(16)8-12-13(20)3-10(4-14(12)21)32(22,29)30/h3-6H,7-8H2,2H3,(H,25,28)(H2,22,29,30). The van der Waals surface area contributed by atoms with E-state index < -0.39 is 44.7 Å². The number of fused-ring (bicyclic) bond motifs is 3. The number of nitrogens with zero attached hydrogens (tertiary/aromatic N) is 4. The van der Waals surface area contributed by atoms with Crippen molar-refractivity contribution in [3.63, 3.8) is 0 Å². The van der Waals surface area contributed by atoms with Gasteiger partial charge in [-0.3, -0.25) is 4.90 Å². The van der Waals surface area contributed by atoms with Crippen LogP contribution in [0, 0.1) is 18.2 Å². The van der Waals surface area contributed by atoms with E-state index in [1.165, 1.54) is 19.4 Å². The lowest BCUT2D eigenvalue weighted by Crippen LogP contribution is -2.44. The number of carbonyl (C=O) groups is 1. The summed E-state index contributed by atoms with van der Waals surface area (Å²) in [5.41, 5.74) is 0.488. The van der Waals surface area contributed by atoms with E-state index in [2.05, 4.69) is 20.1 Å². The minimum absolute atomic E-state index is 0.0439. The zero-order valence-electron chi connectivity index (χ0n) is 16.4. The zero-order valence-corrected chi connectivity index (χ0v) is 17.2. The van der Waals surface area contributed by atoms with Gasteiger partial charge in [-0.25, -0.2) is 41.9 Å². The third-order valence-electron chi connectivity index (χ3n) is 4.87. The number of amides is 2. The van der Waals surface area contributed by atoms with Crippen LogP contribution in [-0.4, -0.2) is 31.5 Å². The van der Waals surface area contributed by atoms with Crippen molar-refractivity contribution in [3.05, 3.63) is 58.6 Å². The number of nitrogens with one attached hydrogen (secondary N) is 1. The molecule has 1 aliphatic rings. The molecule has 3 heterocycles. The number of sulfonamides is 1. The number of benzene rings is 1. The summed E-state index contributed by atoms with van der Waals surface area (Å²) < 4.78 is 57.2. The first-order valence-corrected chi connectivity index (χ1v) is 10.5. The molecular formula is C19H14F2N6O4S. The van der Waals surface area contributed by atoms with E-state index in [9.17, 15) is 22.0 Å². The number of anilines is 1. The van der Waals surface area contributed by atoms with Crippen molar-refractivity contribution in [1.29, 1.82) is 0 Å². The molecule has 2 aromatic heterocycles. The number of methoxy groups -OCH3 is 1. The summed E-state index contributed by atoms with van der Waals surface area (Å²) in [6, 6.07) is 1.96. The van der Waals surface area contributed by atoms with Crippen LogP contribution in [0.1, 0.15) is 11.1 Å². The molecule has 3 aromatic rings. The van der Waals surface area contributed by atoms with Gasteiger partial charge in [-0.15, -0.1) is 0 Å². The molecule has 2 amide bonds. The maximum absolute atomic E-state index is 14.6. The number of carbonyl (C=O) groups excluding carboxylic acids is 1. The minimum Gasteiger partial charge on any atom is -0.490 e. The van der Waals surface area contributed by atoms with Gasteiger partial charge in [0.2, 0.25) is 21.6 Å². The largest absolute Gasteiger partial charge is 0.490 e. The van der Waals surface area contributed by atoms with Crippen molar-refractivity contribution in [2.24, 2.45) is 5.14 Å². The molecule has 0 bridgehead atoms. The fraction of sp³-hybridized carbons (Fsp3) is 0.158. The number of hydrogen-bond donors (Lipinski definition) is 2. The second kappa shape index (κ2) is 7.66. The average Bonchev–Trinajstić information content (AvgIpc) is 2.75. The van der Waals surface area contributed by atoms with Gasteiger partial charge in [0, 0.05) is 29.3 Å². The SMILES string of the molecule is [C-]#[N+]c1cc2c3c(cnc2nc1OC)CNC(=O)N3Cc1c(F)cc(S(N)(=O)=O)cc1F. The molecule has 0 radical (unpaired) electrons. The molecule has 0 fully saturated rings. The molecule has 0 spiro atoms. The lowest BCUT2D eigenvalue weighted by Gasteiger charge is -2.31. The van der Waals surface area contributed by atoms with Crippen LogP contribution in [0.3, 0.4) is 0 Å². The van der Waals surface area contributed by atoms with Gasteiger partial charge in [-0.1, -0.05) is 0 Å². The Balaban J connectivity index is 1.89. The Morgan fingerprint density at radius 1 is 1.31 bits per heavy atom. The number of rotatable bonds is 4. The Hall–Kier alpha value is -3.89. The molecular weight excluding hydrogens is 446 g/mol. The summed E-state index contributed by atoms with van der Waals surface area (Å²) in [7, 11) is -2.98.